The quantitative estimate of drug-likeness (QED) is 0.783. The Hall–Kier alpha value is -0.860. The van der Waals surface area contributed by atoms with Crippen LogP contribution in [-0.2, 0) is 9.53 Å². The van der Waals surface area contributed by atoms with Crippen molar-refractivity contribution in [2.75, 3.05) is 17.7 Å². The molecule has 0 bridgehead atoms. The van der Waals surface area contributed by atoms with Crippen LogP contribution in [0.25, 0.3) is 0 Å². The number of rotatable bonds is 5. The predicted molar refractivity (Wildman–Crippen MR) is 65.7 cm³/mol. The number of carboxylic acids is 1. The average molecular weight is 275 g/mol. The molecule has 0 saturated carbocycles. The molecular weight excluding hydrogens is 262 g/mol. The fourth-order valence-corrected chi connectivity index (χ4v) is 3.06. The molecule has 1 aromatic rings. The molecule has 2 N–H and O–H groups in total. The largest absolute Gasteiger partial charge is 0.481 e. The molecule has 1 aliphatic rings. The molecule has 0 spiro atoms. The van der Waals surface area contributed by atoms with Crippen LogP contribution < -0.4 is 5.32 Å². The van der Waals surface area contributed by atoms with E-state index < -0.39 is 5.97 Å². The second-order valence-corrected chi connectivity index (χ2v) is 5.87. The number of nitrogens with zero attached hydrogens (tertiary/aromatic N) is 2. The number of hydrogen-bond acceptors (Lipinski definition) is 7. The highest BCUT2D eigenvalue weighted by Crippen LogP contribution is 2.27. The number of thioether (sulfide) groups is 1. The van der Waals surface area contributed by atoms with Gasteiger partial charge in [0.15, 0.2) is 4.34 Å². The molecule has 1 aliphatic heterocycles. The van der Waals surface area contributed by atoms with Gasteiger partial charge in [-0.05, 0) is 13.3 Å². The minimum atomic E-state index is -0.850. The fourth-order valence-electron chi connectivity index (χ4n) is 1.53. The summed E-state index contributed by atoms with van der Waals surface area (Å²) in [5.41, 5.74) is 0. The van der Waals surface area contributed by atoms with Crippen molar-refractivity contribution in [2.45, 2.75) is 29.8 Å². The lowest BCUT2D eigenvalue weighted by atomic mass is 10.2. The Labute approximate surface area is 107 Å². The van der Waals surface area contributed by atoms with Crippen molar-refractivity contribution >= 4 is 34.2 Å². The van der Waals surface area contributed by atoms with E-state index in [0.29, 0.717) is 4.34 Å². The summed E-state index contributed by atoms with van der Waals surface area (Å²) in [6.07, 6.45) is 1.13. The van der Waals surface area contributed by atoms with Gasteiger partial charge in [-0.15, -0.1) is 10.2 Å². The van der Waals surface area contributed by atoms with Crippen LogP contribution in [-0.4, -0.2) is 45.8 Å². The number of carboxylic acid groups (broad SMARTS) is 1. The van der Waals surface area contributed by atoms with E-state index in [2.05, 4.69) is 15.5 Å². The summed E-state index contributed by atoms with van der Waals surface area (Å²) in [4.78, 5) is 10.4. The Balaban J connectivity index is 1.87. The van der Waals surface area contributed by atoms with Gasteiger partial charge in [-0.2, -0.15) is 0 Å². The van der Waals surface area contributed by atoms with Gasteiger partial charge < -0.3 is 15.2 Å². The van der Waals surface area contributed by atoms with E-state index in [-0.39, 0.29) is 17.9 Å². The van der Waals surface area contributed by atoms with Crippen molar-refractivity contribution in [3.05, 3.63) is 0 Å². The first-order valence-electron chi connectivity index (χ1n) is 5.21. The third-order valence-corrected chi connectivity index (χ3v) is 4.38. The van der Waals surface area contributed by atoms with Gasteiger partial charge in [-0.3, -0.25) is 4.79 Å². The van der Waals surface area contributed by atoms with Crippen molar-refractivity contribution in [2.24, 2.45) is 0 Å². The molecule has 1 aromatic heterocycles. The zero-order valence-corrected chi connectivity index (χ0v) is 10.9. The molecule has 0 aliphatic carbocycles. The Morgan fingerprint density at radius 2 is 2.53 bits per heavy atom. The van der Waals surface area contributed by atoms with E-state index in [1.807, 2.05) is 6.92 Å². The highest BCUT2D eigenvalue weighted by Gasteiger charge is 2.24. The average Bonchev–Trinajstić information content (AvgIpc) is 2.87. The van der Waals surface area contributed by atoms with Crippen LogP contribution in [0.2, 0.25) is 0 Å². The molecule has 2 atom stereocenters. The normalized spacial score (nSPS) is 23.8. The molecule has 2 unspecified atom stereocenters. The van der Waals surface area contributed by atoms with E-state index in [0.717, 1.165) is 18.2 Å². The van der Waals surface area contributed by atoms with Crippen molar-refractivity contribution in [3.63, 3.8) is 0 Å². The number of ether oxygens (including phenoxy) is 1. The number of aromatic nitrogens is 2. The van der Waals surface area contributed by atoms with E-state index in [1.54, 1.807) is 0 Å². The summed E-state index contributed by atoms with van der Waals surface area (Å²) in [7, 11) is 0. The topological polar surface area (TPSA) is 84.3 Å². The summed E-state index contributed by atoms with van der Waals surface area (Å²) in [6, 6.07) is 0.264. The second-order valence-electron chi connectivity index (χ2n) is 3.67. The van der Waals surface area contributed by atoms with Gasteiger partial charge in [-0.25, -0.2) is 0 Å². The van der Waals surface area contributed by atoms with Gasteiger partial charge in [0.2, 0.25) is 5.13 Å². The number of nitrogens with one attached hydrogen (secondary N) is 1. The maximum atomic E-state index is 10.4. The molecule has 2 heterocycles. The van der Waals surface area contributed by atoms with Crippen molar-refractivity contribution in [1.82, 2.24) is 10.2 Å². The molecule has 2 rings (SSSR count). The van der Waals surface area contributed by atoms with Crippen LogP contribution in [0, 0.1) is 0 Å². The monoisotopic (exact) mass is 275 g/mol. The first kappa shape index (κ1) is 12.6. The number of hydrogen-bond donors (Lipinski definition) is 2. The molecule has 0 radical (unpaired) electrons. The molecule has 94 valence electrons. The lowest BCUT2D eigenvalue weighted by molar-refractivity contribution is -0.133. The molecule has 6 nitrogen and oxygen atoms in total. The lowest BCUT2D eigenvalue weighted by Gasteiger charge is -2.14. The van der Waals surface area contributed by atoms with Gasteiger partial charge >= 0.3 is 5.97 Å². The minimum absolute atomic E-state index is 0.0115. The van der Waals surface area contributed by atoms with Crippen molar-refractivity contribution in [3.8, 4) is 0 Å². The third kappa shape index (κ3) is 3.55. The molecule has 0 aromatic carbocycles. The van der Waals surface area contributed by atoms with Gasteiger partial charge in [0.05, 0.1) is 17.9 Å². The Bertz CT molecular complexity index is 399. The van der Waals surface area contributed by atoms with Gasteiger partial charge in [0, 0.05) is 6.61 Å². The van der Waals surface area contributed by atoms with Crippen molar-refractivity contribution in [1.29, 1.82) is 0 Å². The maximum Gasteiger partial charge on any atom is 0.313 e. The van der Waals surface area contributed by atoms with Crippen LogP contribution in [0.3, 0.4) is 0 Å². The number of anilines is 1. The van der Waals surface area contributed by atoms with Gasteiger partial charge in [-0.1, -0.05) is 23.1 Å². The lowest BCUT2D eigenvalue weighted by Crippen LogP contribution is -2.26. The zero-order chi connectivity index (χ0) is 12.3. The highest BCUT2D eigenvalue weighted by molar-refractivity contribution is 8.01. The highest BCUT2D eigenvalue weighted by atomic mass is 32.2. The fraction of sp³-hybridized carbons (Fsp3) is 0.667. The molecule has 1 saturated heterocycles. The maximum absolute atomic E-state index is 10.4. The summed E-state index contributed by atoms with van der Waals surface area (Å²) >= 11 is 2.56. The first-order valence-corrected chi connectivity index (χ1v) is 7.01. The van der Waals surface area contributed by atoms with E-state index in [4.69, 9.17) is 9.84 Å². The number of aliphatic carboxylic acids is 1. The van der Waals surface area contributed by atoms with Crippen LogP contribution in [0.1, 0.15) is 13.3 Å². The standard InChI is InChI=1S/C9H13N3O3S2/c1-5-6(2-3-15-5)10-8-11-12-9(17-8)16-4-7(13)14/h5-6H,2-4H2,1H3,(H,10,11)(H,13,14). The van der Waals surface area contributed by atoms with Crippen LogP contribution >= 0.6 is 23.1 Å². The van der Waals surface area contributed by atoms with Gasteiger partial charge in [0.25, 0.3) is 0 Å². The Morgan fingerprint density at radius 1 is 1.71 bits per heavy atom. The van der Waals surface area contributed by atoms with Gasteiger partial charge in [0.1, 0.15) is 0 Å². The smallest absolute Gasteiger partial charge is 0.313 e. The SMILES string of the molecule is CC1OCCC1Nc1nnc(SCC(=O)O)s1. The molecule has 8 heteroatoms. The molecule has 0 amide bonds. The molecule has 1 fully saturated rings. The Morgan fingerprint density at radius 3 is 3.18 bits per heavy atom. The molecule has 17 heavy (non-hydrogen) atoms. The van der Waals surface area contributed by atoms with Crippen LogP contribution in [0.15, 0.2) is 4.34 Å². The van der Waals surface area contributed by atoms with Crippen LogP contribution in [0.4, 0.5) is 5.13 Å². The summed E-state index contributed by atoms with van der Waals surface area (Å²) in [5, 5.41) is 20.4. The Kier molecular flexibility index (Phi) is 4.19. The second kappa shape index (κ2) is 5.65. The minimum Gasteiger partial charge on any atom is -0.481 e. The molecular formula is C9H13N3O3S2. The summed E-state index contributed by atoms with van der Waals surface area (Å²) in [6.45, 7) is 2.78. The zero-order valence-electron chi connectivity index (χ0n) is 9.25. The predicted octanol–water partition coefficient (Wildman–Crippen LogP) is 1.30. The first-order chi connectivity index (χ1) is 8.15. The van der Waals surface area contributed by atoms with Crippen molar-refractivity contribution < 1.29 is 14.6 Å². The summed E-state index contributed by atoms with van der Waals surface area (Å²) < 4.78 is 6.10. The summed E-state index contributed by atoms with van der Waals surface area (Å²) in [5.74, 6) is -0.838. The van der Waals surface area contributed by atoms with E-state index >= 15 is 0 Å². The van der Waals surface area contributed by atoms with E-state index in [1.165, 1.54) is 23.1 Å². The van der Waals surface area contributed by atoms with Crippen LogP contribution in [0.5, 0.6) is 0 Å². The van der Waals surface area contributed by atoms with E-state index in [9.17, 15) is 4.79 Å². The number of carbonyl (C=O) groups is 1. The third-order valence-electron chi connectivity index (χ3n) is 2.41.